The van der Waals surface area contributed by atoms with Crippen molar-refractivity contribution >= 4 is 29.1 Å². The number of rotatable bonds is 9. The predicted molar refractivity (Wildman–Crippen MR) is 159 cm³/mol. The molecule has 208 valence electrons. The number of hydrogen-bond acceptors (Lipinski definition) is 4. The molecule has 1 saturated heterocycles. The van der Waals surface area contributed by atoms with Crippen molar-refractivity contribution in [1.82, 2.24) is 9.80 Å². The van der Waals surface area contributed by atoms with Crippen molar-refractivity contribution in [2.45, 2.75) is 46.1 Å². The normalized spacial score (nSPS) is 15.5. The Labute approximate surface area is 236 Å². The highest BCUT2D eigenvalue weighted by Crippen LogP contribution is 2.32. The number of aryl methyl sites for hydroxylation is 1. The Kier molecular flexibility index (Phi) is 8.60. The molecule has 0 atom stereocenters. The van der Waals surface area contributed by atoms with Gasteiger partial charge in [0.2, 0.25) is 11.8 Å². The molecule has 0 bridgehead atoms. The second kappa shape index (κ2) is 12.5. The van der Waals surface area contributed by atoms with Crippen LogP contribution in [-0.2, 0) is 16.1 Å². The summed E-state index contributed by atoms with van der Waals surface area (Å²) in [5.41, 5.74) is 6.45. The van der Waals surface area contributed by atoms with E-state index >= 15 is 0 Å². The molecule has 1 saturated carbocycles. The summed E-state index contributed by atoms with van der Waals surface area (Å²) in [5, 5.41) is 6.01. The van der Waals surface area contributed by atoms with Crippen LogP contribution in [0.4, 0.5) is 11.4 Å². The number of carbonyl (C=O) groups is 3. The van der Waals surface area contributed by atoms with Gasteiger partial charge in [-0.1, -0.05) is 37.3 Å². The van der Waals surface area contributed by atoms with E-state index in [1.165, 1.54) is 5.56 Å². The Morgan fingerprint density at radius 1 is 0.825 bits per heavy atom. The van der Waals surface area contributed by atoms with Gasteiger partial charge in [0.1, 0.15) is 0 Å². The van der Waals surface area contributed by atoms with Crippen LogP contribution >= 0.6 is 0 Å². The Balaban J connectivity index is 1.14. The molecular weight excluding hydrogens is 500 g/mol. The van der Waals surface area contributed by atoms with Crippen LogP contribution in [0.3, 0.4) is 0 Å². The molecule has 2 aliphatic rings. The van der Waals surface area contributed by atoms with Gasteiger partial charge in [-0.3, -0.25) is 19.3 Å². The lowest BCUT2D eigenvalue weighted by molar-refractivity contribution is -0.133. The number of carbonyl (C=O) groups excluding carboxylic acids is 3. The molecule has 0 aromatic heterocycles. The Morgan fingerprint density at radius 2 is 1.50 bits per heavy atom. The maximum Gasteiger partial charge on any atom is 0.255 e. The van der Waals surface area contributed by atoms with Gasteiger partial charge in [-0.05, 0) is 84.8 Å². The number of benzene rings is 3. The summed E-state index contributed by atoms with van der Waals surface area (Å²) in [6.45, 7) is 8.24. The van der Waals surface area contributed by atoms with E-state index in [9.17, 15) is 14.4 Å². The van der Waals surface area contributed by atoms with Crippen molar-refractivity contribution in [2.24, 2.45) is 5.92 Å². The van der Waals surface area contributed by atoms with E-state index in [0.717, 1.165) is 80.1 Å². The standard InChI is InChI=1S/C33H38N4O3/c1-3-4-31(38)37-19-17-36(18-20-37)22-24-6-15-28(16-7-24)34-32(39)26-10-8-25(9-11-26)30-21-29(14-5-23(30)2)35-33(40)27-12-13-27/h5-11,14-16,21,27H,3-4,12-13,17-20,22H2,1-2H3,(H,34,39)(H,35,40). The molecule has 7 nitrogen and oxygen atoms in total. The van der Waals surface area contributed by atoms with Gasteiger partial charge in [0.15, 0.2) is 0 Å². The third-order valence-electron chi connectivity index (χ3n) is 7.72. The summed E-state index contributed by atoms with van der Waals surface area (Å²) >= 11 is 0. The third-order valence-corrected chi connectivity index (χ3v) is 7.72. The Hall–Kier alpha value is -3.97. The van der Waals surface area contributed by atoms with Crippen molar-refractivity contribution in [3.63, 3.8) is 0 Å². The lowest BCUT2D eigenvalue weighted by atomic mass is 9.98. The van der Waals surface area contributed by atoms with Crippen LogP contribution in [0, 0.1) is 12.8 Å². The van der Waals surface area contributed by atoms with Crippen molar-refractivity contribution in [2.75, 3.05) is 36.8 Å². The molecule has 40 heavy (non-hydrogen) atoms. The van der Waals surface area contributed by atoms with Crippen molar-refractivity contribution < 1.29 is 14.4 Å². The number of piperazine rings is 1. The first kappa shape index (κ1) is 27.6. The second-order valence-electron chi connectivity index (χ2n) is 10.9. The molecule has 5 rings (SSSR count). The lowest BCUT2D eigenvalue weighted by Gasteiger charge is -2.34. The highest BCUT2D eigenvalue weighted by atomic mass is 16.2. The minimum atomic E-state index is -0.158. The second-order valence-corrected chi connectivity index (χ2v) is 10.9. The molecule has 2 fully saturated rings. The molecule has 1 aliphatic heterocycles. The molecule has 1 heterocycles. The van der Waals surface area contributed by atoms with Crippen molar-refractivity contribution in [3.8, 4) is 11.1 Å². The Bertz CT molecular complexity index is 1360. The molecule has 0 spiro atoms. The van der Waals surface area contributed by atoms with Crippen molar-refractivity contribution in [1.29, 1.82) is 0 Å². The summed E-state index contributed by atoms with van der Waals surface area (Å²) in [4.78, 5) is 41.5. The van der Waals surface area contributed by atoms with Crippen LogP contribution in [0.2, 0.25) is 0 Å². The third kappa shape index (κ3) is 6.96. The van der Waals surface area contributed by atoms with Crippen LogP contribution in [0.15, 0.2) is 66.7 Å². The molecule has 3 amide bonds. The number of nitrogens with one attached hydrogen (secondary N) is 2. The summed E-state index contributed by atoms with van der Waals surface area (Å²) in [6, 6.07) is 21.5. The zero-order chi connectivity index (χ0) is 28.1. The van der Waals surface area contributed by atoms with E-state index in [2.05, 4.69) is 15.5 Å². The zero-order valence-electron chi connectivity index (χ0n) is 23.4. The summed E-state index contributed by atoms with van der Waals surface area (Å²) < 4.78 is 0. The maximum absolute atomic E-state index is 12.9. The van der Waals surface area contributed by atoms with E-state index in [-0.39, 0.29) is 23.6 Å². The minimum Gasteiger partial charge on any atom is -0.340 e. The van der Waals surface area contributed by atoms with Gasteiger partial charge in [-0.25, -0.2) is 0 Å². The molecule has 3 aromatic carbocycles. The van der Waals surface area contributed by atoms with Gasteiger partial charge in [-0.2, -0.15) is 0 Å². The van der Waals surface area contributed by atoms with E-state index in [1.807, 2.05) is 85.5 Å². The van der Waals surface area contributed by atoms with E-state index in [4.69, 9.17) is 0 Å². The molecule has 0 radical (unpaired) electrons. The van der Waals surface area contributed by atoms with Crippen LogP contribution in [0.1, 0.15) is 54.1 Å². The summed E-state index contributed by atoms with van der Waals surface area (Å²) in [5.74, 6) is 0.348. The zero-order valence-corrected chi connectivity index (χ0v) is 23.4. The largest absolute Gasteiger partial charge is 0.340 e. The van der Waals surface area contributed by atoms with Gasteiger partial charge < -0.3 is 15.5 Å². The highest BCUT2D eigenvalue weighted by Gasteiger charge is 2.29. The summed E-state index contributed by atoms with van der Waals surface area (Å²) in [7, 11) is 0. The lowest BCUT2D eigenvalue weighted by Crippen LogP contribution is -2.48. The van der Waals surface area contributed by atoms with Crippen LogP contribution < -0.4 is 10.6 Å². The number of nitrogens with zero attached hydrogens (tertiary/aromatic N) is 2. The molecule has 1 aliphatic carbocycles. The number of anilines is 2. The SMILES string of the molecule is CCCC(=O)N1CCN(Cc2ccc(NC(=O)c3ccc(-c4cc(NC(=O)C5CC5)ccc4C)cc3)cc2)CC1. The van der Waals surface area contributed by atoms with Crippen LogP contribution in [-0.4, -0.2) is 53.7 Å². The fourth-order valence-corrected chi connectivity index (χ4v) is 5.08. The van der Waals surface area contributed by atoms with Gasteiger partial charge in [0, 0.05) is 62.0 Å². The fraction of sp³-hybridized carbons (Fsp3) is 0.364. The first-order chi connectivity index (χ1) is 19.4. The topological polar surface area (TPSA) is 81.8 Å². The van der Waals surface area contributed by atoms with Crippen molar-refractivity contribution in [3.05, 3.63) is 83.4 Å². The van der Waals surface area contributed by atoms with E-state index < -0.39 is 0 Å². The number of amides is 3. The van der Waals surface area contributed by atoms with E-state index in [0.29, 0.717) is 12.0 Å². The first-order valence-electron chi connectivity index (χ1n) is 14.3. The summed E-state index contributed by atoms with van der Waals surface area (Å²) in [6.07, 6.45) is 3.47. The fourth-order valence-electron chi connectivity index (χ4n) is 5.08. The average molecular weight is 539 g/mol. The molecule has 0 unspecified atom stereocenters. The molecule has 2 N–H and O–H groups in total. The predicted octanol–water partition coefficient (Wildman–Crippen LogP) is 5.71. The van der Waals surface area contributed by atoms with Crippen LogP contribution in [0.5, 0.6) is 0 Å². The molecule has 3 aromatic rings. The maximum atomic E-state index is 12.9. The van der Waals surface area contributed by atoms with Gasteiger partial charge in [0.25, 0.3) is 5.91 Å². The monoisotopic (exact) mass is 538 g/mol. The minimum absolute atomic E-state index is 0.0909. The first-order valence-corrected chi connectivity index (χ1v) is 14.3. The Morgan fingerprint density at radius 3 is 2.15 bits per heavy atom. The molecule has 7 heteroatoms. The van der Waals surface area contributed by atoms with Gasteiger partial charge in [-0.15, -0.1) is 0 Å². The quantitative estimate of drug-likeness (QED) is 0.366. The van der Waals surface area contributed by atoms with Gasteiger partial charge in [0.05, 0.1) is 0 Å². The molecular formula is C33H38N4O3. The number of hydrogen-bond donors (Lipinski definition) is 2. The van der Waals surface area contributed by atoms with Gasteiger partial charge >= 0.3 is 0 Å². The van der Waals surface area contributed by atoms with Crippen LogP contribution in [0.25, 0.3) is 11.1 Å². The van der Waals surface area contributed by atoms with E-state index in [1.54, 1.807) is 0 Å². The average Bonchev–Trinajstić information content (AvgIpc) is 3.82. The highest BCUT2D eigenvalue weighted by molar-refractivity contribution is 6.04. The smallest absolute Gasteiger partial charge is 0.255 e.